The van der Waals surface area contributed by atoms with Crippen molar-refractivity contribution in [1.82, 2.24) is 0 Å². The average Bonchev–Trinajstić information content (AvgIpc) is 2.71. The number of benzene rings is 3. The van der Waals surface area contributed by atoms with Crippen molar-refractivity contribution in [3.8, 4) is 0 Å². The summed E-state index contributed by atoms with van der Waals surface area (Å²) in [4.78, 5) is 12.2. The van der Waals surface area contributed by atoms with Crippen molar-refractivity contribution in [3.63, 3.8) is 0 Å². The minimum absolute atomic E-state index is 0.0381. The van der Waals surface area contributed by atoms with Crippen LogP contribution in [0.2, 0.25) is 10.0 Å². The van der Waals surface area contributed by atoms with E-state index < -0.39 is 10.0 Å². The molecule has 3 aromatic carbocycles. The third-order valence-electron chi connectivity index (χ3n) is 4.41. The highest BCUT2D eigenvalue weighted by molar-refractivity contribution is 7.92. The molecule has 0 unspecified atom stereocenters. The molecule has 8 heteroatoms. The van der Waals surface area contributed by atoms with Crippen LogP contribution in [0.3, 0.4) is 0 Å². The third-order valence-corrected chi connectivity index (χ3v) is 6.61. The lowest BCUT2D eigenvalue weighted by atomic mass is 10.1. The predicted molar refractivity (Wildman–Crippen MR) is 122 cm³/mol. The molecule has 1 amide bonds. The number of nitrogens with one attached hydrogen (secondary N) is 2. The van der Waals surface area contributed by atoms with Crippen molar-refractivity contribution in [1.29, 1.82) is 0 Å². The first kappa shape index (κ1) is 22.2. The van der Waals surface area contributed by atoms with E-state index in [0.29, 0.717) is 18.5 Å². The molecule has 156 valence electrons. The molecule has 0 radical (unpaired) electrons. The van der Waals surface area contributed by atoms with Crippen LogP contribution in [0.25, 0.3) is 0 Å². The standard InChI is InChI=1S/C22H20Cl2N2O3S/c1-15-5-7-16(8-6-15)9-14-21(27)25-17-10-12-18(13-11-17)30(28,29)26-20-4-2-3-19(23)22(20)24/h2-8,10-13,26H,9,14H2,1H3,(H,25,27). The second-order valence-electron chi connectivity index (χ2n) is 6.77. The van der Waals surface area contributed by atoms with Gasteiger partial charge in [-0.15, -0.1) is 0 Å². The predicted octanol–water partition coefficient (Wildman–Crippen LogP) is 5.67. The van der Waals surface area contributed by atoms with Gasteiger partial charge in [-0.05, 0) is 55.3 Å². The largest absolute Gasteiger partial charge is 0.326 e. The number of carbonyl (C=O) groups excluding carboxylic acids is 1. The molecule has 0 aliphatic carbocycles. The Morgan fingerprint density at radius 2 is 1.60 bits per heavy atom. The number of sulfonamides is 1. The molecule has 0 fully saturated rings. The SMILES string of the molecule is Cc1ccc(CCC(=O)Nc2ccc(S(=O)(=O)Nc3cccc(Cl)c3Cl)cc2)cc1. The van der Waals surface area contributed by atoms with E-state index in [4.69, 9.17) is 23.2 Å². The highest BCUT2D eigenvalue weighted by atomic mass is 35.5. The Kier molecular flexibility index (Phi) is 7.02. The summed E-state index contributed by atoms with van der Waals surface area (Å²) in [6, 6.07) is 18.6. The van der Waals surface area contributed by atoms with E-state index >= 15 is 0 Å². The maximum absolute atomic E-state index is 12.6. The van der Waals surface area contributed by atoms with Gasteiger partial charge in [0.25, 0.3) is 10.0 Å². The molecule has 0 aromatic heterocycles. The van der Waals surface area contributed by atoms with Gasteiger partial charge in [0.1, 0.15) is 0 Å². The van der Waals surface area contributed by atoms with E-state index in [1.165, 1.54) is 35.9 Å². The molecular formula is C22H20Cl2N2O3S. The van der Waals surface area contributed by atoms with E-state index in [2.05, 4.69) is 10.0 Å². The molecule has 0 aliphatic heterocycles. The number of anilines is 2. The Hall–Kier alpha value is -2.54. The molecule has 0 aliphatic rings. The molecule has 0 saturated heterocycles. The molecule has 2 N–H and O–H groups in total. The first-order chi connectivity index (χ1) is 14.2. The molecule has 0 atom stereocenters. The number of aryl methyl sites for hydroxylation is 2. The van der Waals surface area contributed by atoms with Gasteiger partial charge in [0.05, 0.1) is 20.6 Å². The summed E-state index contributed by atoms with van der Waals surface area (Å²) in [6.07, 6.45) is 0.959. The highest BCUT2D eigenvalue weighted by Gasteiger charge is 2.17. The van der Waals surface area contributed by atoms with E-state index in [0.717, 1.165) is 5.56 Å². The first-order valence-electron chi connectivity index (χ1n) is 9.17. The Labute approximate surface area is 186 Å². The number of hydrogen-bond acceptors (Lipinski definition) is 3. The minimum Gasteiger partial charge on any atom is -0.326 e. The van der Waals surface area contributed by atoms with E-state index in [9.17, 15) is 13.2 Å². The molecule has 0 bridgehead atoms. The Bertz CT molecular complexity index is 1150. The second-order valence-corrected chi connectivity index (χ2v) is 9.23. The number of carbonyl (C=O) groups is 1. The van der Waals surface area contributed by atoms with E-state index in [1.807, 2.05) is 31.2 Å². The normalized spacial score (nSPS) is 11.2. The molecule has 0 saturated carbocycles. The fourth-order valence-corrected chi connectivity index (χ4v) is 4.22. The average molecular weight is 463 g/mol. The van der Waals surface area contributed by atoms with Crippen molar-refractivity contribution >= 4 is 50.5 Å². The number of amides is 1. The van der Waals surface area contributed by atoms with Crippen LogP contribution in [0, 0.1) is 6.92 Å². The van der Waals surface area contributed by atoms with Crippen LogP contribution in [0.15, 0.2) is 71.6 Å². The lowest BCUT2D eigenvalue weighted by Crippen LogP contribution is -2.14. The van der Waals surface area contributed by atoms with Crippen molar-refractivity contribution < 1.29 is 13.2 Å². The van der Waals surface area contributed by atoms with Crippen LogP contribution in [-0.4, -0.2) is 14.3 Å². The second kappa shape index (κ2) is 9.51. The Morgan fingerprint density at radius 1 is 0.933 bits per heavy atom. The van der Waals surface area contributed by atoms with Crippen LogP contribution < -0.4 is 10.0 Å². The van der Waals surface area contributed by atoms with Gasteiger partial charge in [-0.2, -0.15) is 0 Å². The van der Waals surface area contributed by atoms with E-state index in [1.54, 1.807) is 12.1 Å². The number of hydrogen-bond donors (Lipinski definition) is 2. The fraction of sp³-hybridized carbons (Fsp3) is 0.136. The summed E-state index contributed by atoms with van der Waals surface area (Å²) >= 11 is 12.0. The molecule has 0 spiro atoms. The zero-order chi connectivity index (χ0) is 21.7. The lowest BCUT2D eigenvalue weighted by Gasteiger charge is -2.11. The summed E-state index contributed by atoms with van der Waals surface area (Å²) in [5, 5.41) is 3.15. The molecule has 30 heavy (non-hydrogen) atoms. The maximum atomic E-state index is 12.6. The quantitative estimate of drug-likeness (QED) is 0.474. The molecule has 0 heterocycles. The number of halogens is 2. The highest BCUT2D eigenvalue weighted by Crippen LogP contribution is 2.31. The molecule has 3 rings (SSSR count). The van der Waals surface area contributed by atoms with Gasteiger partial charge in [-0.3, -0.25) is 9.52 Å². The van der Waals surface area contributed by atoms with Crippen LogP contribution in [0.5, 0.6) is 0 Å². The van der Waals surface area contributed by atoms with Gasteiger partial charge in [0.15, 0.2) is 0 Å². The Balaban J connectivity index is 1.61. The summed E-state index contributed by atoms with van der Waals surface area (Å²) in [7, 11) is -3.85. The van der Waals surface area contributed by atoms with Crippen LogP contribution in [0.1, 0.15) is 17.5 Å². The summed E-state index contributed by atoms with van der Waals surface area (Å²) in [5.74, 6) is -0.144. The van der Waals surface area contributed by atoms with Gasteiger partial charge in [0.2, 0.25) is 5.91 Å². The van der Waals surface area contributed by atoms with Gasteiger partial charge in [0, 0.05) is 12.1 Å². The van der Waals surface area contributed by atoms with Crippen LogP contribution in [-0.2, 0) is 21.2 Å². The zero-order valence-electron chi connectivity index (χ0n) is 16.2. The van der Waals surface area contributed by atoms with Crippen molar-refractivity contribution in [2.45, 2.75) is 24.7 Å². The van der Waals surface area contributed by atoms with Crippen molar-refractivity contribution in [3.05, 3.63) is 87.9 Å². The summed E-state index contributed by atoms with van der Waals surface area (Å²) in [5.41, 5.74) is 2.97. The third kappa shape index (κ3) is 5.75. The lowest BCUT2D eigenvalue weighted by molar-refractivity contribution is -0.116. The smallest absolute Gasteiger partial charge is 0.261 e. The molecule has 5 nitrogen and oxygen atoms in total. The first-order valence-corrected chi connectivity index (χ1v) is 11.4. The van der Waals surface area contributed by atoms with Crippen molar-refractivity contribution in [2.24, 2.45) is 0 Å². The zero-order valence-corrected chi connectivity index (χ0v) is 18.5. The van der Waals surface area contributed by atoms with Gasteiger partial charge in [-0.25, -0.2) is 8.42 Å². The Morgan fingerprint density at radius 3 is 2.27 bits per heavy atom. The molecule has 3 aromatic rings. The van der Waals surface area contributed by atoms with Crippen LogP contribution >= 0.6 is 23.2 Å². The monoisotopic (exact) mass is 462 g/mol. The van der Waals surface area contributed by atoms with Crippen molar-refractivity contribution in [2.75, 3.05) is 10.0 Å². The fourth-order valence-electron chi connectivity index (χ4n) is 2.74. The van der Waals surface area contributed by atoms with E-state index in [-0.39, 0.29) is 26.5 Å². The van der Waals surface area contributed by atoms with Gasteiger partial charge >= 0.3 is 0 Å². The van der Waals surface area contributed by atoms with Gasteiger partial charge in [-0.1, -0.05) is 59.1 Å². The minimum atomic E-state index is -3.85. The summed E-state index contributed by atoms with van der Waals surface area (Å²) < 4.78 is 27.6. The maximum Gasteiger partial charge on any atom is 0.261 e. The number of rotatable bonds is 7. The van der Waals surface area contributed by atoms with Crippen LogP contribution in [0.4, 0.5) is 11.4 Å². The topological polar surface area (TPSA) is 75.3 Å². The van der Waals surface area contributed by atoms with Gasteiger partial charge < -0.3 is 5.32 Å². The molecular weight excluding hydrogens is 443 g/mol. The summed E-state index contributed by atoms with van der Waals surface area (Å²) in [6.45, 7) is 2.01.